The van der Waals surface area contributed by atoms with Crippen LogP contribution in [0.2, 0.25) is 0 Å². The molecule has 3 rings (SSSR count). The van der Waals surface area contributed by atoms with Crippen LogP contribution in [-0.2, 0) is 4.74 Å². The number of rotatable bonds is 3. The maximum absolute atomic E-state index is 12.5. The summed E-state index contributed by atoms with van der Waals surface area (Å²) >= 11 is 0. The summed E-state index contributed by atoms with van der Waals surface area (Å²) in [5.41, 5.74) is 1.26. The fraction of sp³-hybridized carbons (Fsp3) is 0.526. The summed E-state index contributed by atoms with van der Waals surface area (Å²) in [4.78, 5) is 23.2. The Hall–Kier alpha value is -2.37. The monoisotopic (exact) mass is 342 g/mol. The number of hydrogen-bond donors (Lipinski definition) is 1. The van der Waals surface area contributed by atoms with Crippen molar-refractivity contribution in [2.24, 2.45) is 0 Å². The third-order valence-corrected chi connectivity index (χ3v) is 4.23. The minimum Gasteiger partial charge on any atom is -0.444 e. The summed E-state index contributed by atoms with van der Waals surface area (Å²) in [6.07, 6.45) is 4.66. The zero-order chi connectivity index (χ0) is 17.9. The predicted octanol–water partition coefficient (Wildman–Crippen LogP) is 3.83. The Morgan fingerprint density at radius 1 is 1.28 bits per heavy atom. The maximum atomic E-state index is 12.5. The molecule has 134 valence electrons. The Labute approximate surface area is 148 Å². The summed E-state index contributed by atoms with van der Waals surface area (Å²) in [5.74, 6) is 0.801. The number of likely N-dealkylation sites (tertiary alicyclic amines) is 1. The molecule has 6 nitrogen and oxygen atoms in total. The van der Waals surface area contributed by atoms with Crippen molar-refractivity contribution in [3.05, 3.63) is 30.5 Å². The highest BCUT2D eigenvalue weighted by Crippen LogP contribution is 2.21. The Morgan fingerprint density at radius 2 is 2.12 bits per heavy atom. The summed E-state index contributed by atoms with van der Waals surface area (Å²) in [5, 5.41) is 3.37. The molecule has 1 saturated heterocycles. The molecule has 1 aliphatic rings. The van der Waals surface area contributed by atoms with Gasteiger partial charge in [0.1, 0.15) is 11.4 Å². The zero-order valence-electron chi connectivity index (χ0n) is 15.2. The number of piperidine rings is 1. The van der Waals surface area contributed by atoms with Gasteiger partial charge in [-0.1, -0.05) is 0 Å². The van der Waals surface area contributed by atoms with Gasteiger partial charge in [0.25, 0.3) is 0 Å². The van der Waals surface area contributed by atoms with E-state index in [1.807, 2.05) is 49.9 Å². The number of anilines is 1. The number of pyridine rings is 2. The molecule has 0 saturated carbocycles. The Bertz CT molecular complexity index is 742. The highest BCUT2D eigenvalue weighted by Gasteiger charge is 2.30. The lowest BCUT2D eigenvalue weighted by molar-refractivity contribution is 0.0114. The van der Waals surface area contributed by atoms with E-state index in [0.29, 0.717) is 6.54 Å². The Morgan fingerprint density at radius 3 is 2.92 bits per heavy atom. The first-order chi connectivity index (χ1) is 11.9. The Kier molecular flexibility index (Phi) is 5.06. The maximum Gasteiger partial charge on any atom is 0.410 e. The molecule has 1 amide bonds. The number of carbonyl (C=O) groups is 1. The fourth-order valence-corrected chi connectivity index (χ4v) is 3.05. The van der Waals surface area contributed by atoms with Crippen molar-refractivity contribution >= 4 is 22.9 Å². The number of ether oxygens (including phenoxy) is 1. The van der Waals surface area contributed by atoms with Crippen molar-refractivity contribution in [1.82, 2.24) is 14.9 Å². The standard InChI is InChI=1S/C19H26N4O2/c1-19(2,3)25-18(24)23-12-5-4-7-14(23)13-21-17-10-9-15-16(22-17)8-6-11-20-15/h6,8-11,14H,4-5,7,12-13H2,1-3H3,(H,21,22)/t14-/m0/s1. The molecule has 1 N–H and O–H groups in total. The van der Waals surface area contributed by atoms with Crippen LogP contribution in [0.5, 0.6) is 0 Å². The van der Waals surface area contributed by atoms with E-state index >= 15 is 0 Å². The number of carbonyl (C=O) groups excluding carboxylic acids is 1. The molecule has 0 aromatic carbocycles. The summed E-state index contributed by atoms with van der Waals surface area (Å²) in [6, 6.07) is 7.83. The Balaban J connectivity index is 1.65. The van der Waals surface area contributed by atoms with Gasteiger partial charge in [0.15, 0.2) is 0 Å². The molecule has 0 unspecified atom stereocenters. The average Bonchev–Trinajstić information content (AvgIpc) is 2.58. The molecule has 2 aromatic rings. The third kappa shape index (κ3) is 4.59. The molecule has 3 heterocycles. The van der Waals surface area contributed by atoms with Gasteiger partial charge in [0.05, 0.1) is 17.1 Å². The molecule has 1 aliphatic heterocycles. The number of aromatic nitrogens is 2. The molecular formula is C19H26N4O2. The highest BCUT2D eigenvalue weighted by atomic mass is 16.6. The largest absolute Gasteiger partial charge is 0.444 e. The van der Waals surface area contributed by atoms with E-state index in [2.05, 4.69) is 15.3 Å². The van der Waals surface area contributed by atoms with Crippen LogP contribution >= 0.6 is 0 Å². The number of fused-ring (bicyclic) bond motifs is 1. The second kappa shape index (κ2) is 7.25. The molecule has 0 aliphatic carbocycles. The van der Waals surface area contributed by atoms with Crippen molar-refractivity contribution in [3.8, 4) is 0 Å². The second-order valence-electron chi connectivity index (χ2n) is 7.44. The molecule has 25 heavy (non-hydrogen) atoms. The van der Waals surface area contributed by atoms with Crippen molar-refractivity contribution in [1.29, 1.82) is 0 Å². The van der Waals surface area contributed by atoms with Crippen LogP contribution in [0.15, 0.2) is 30.5 Å². The van der Waals surface area contributed by atoms with Gasteiger partial charge in [0.2, 0.25) is 0 Å². The SMILES string of the molecule is CC(C)(C)OC(=O)N1CCCC[C@H]1CNc1ccc2ncccc2n1. The van der Waals surface area contributed by atoms with Gasteiger partial charge in [-0.25, -0.2) is 9.78 Å². The van der Waals surface area contributed by atoms with Crippen LogP contribution in [0.4, 0.5) is 10.6 Å². The quantitative estimate of drug-likeness (QED) is 0.918. The molecule has 1 fully saturated rings. The van der Waals surface area contributed by atoms with Crippen LogP contribution < -0.4 is 5.32 Å². The molecule has 2 aromatic heterocycles. The van der Waals surface area contributed by atoms with Crippen LogP contribution in [0.25, 0.3) is 11.0 Å². The van der Waals surface area contributed by atoms with Crippen molar-refractivity contribution in [2.45, 2.75) is 51.7 Å². The van der Waals surface area contributed by atoms with E-state index in [4.69, 9.17) is 4.74 Å². The molecule has 0 radical (unpaired) electrons. The summed E-state index contributed by atoms with van der Waals surface area (Å²) in [7, 11) is 0. The number of nitrogens with one attached hydrogen (secondary N) is 1. The minimum absolute atomic E-state index is 0.120. The van der Waals surface area contributed by atoms with E-state index < -0.39 is 5.60 Å². The lowest BCUT2D eigenvalue weighted by Gasteiger charge is -2.36. The van der Waals surface area contributed by atoms with Crippen molar-refractivity contribution in [2.75, 3.05) is 18.4 Å². The summed E-state index contributed by atoms with van der Waals surface area (Å²) < 4.78 is 5.55. The molecule has 1 atom stereocenters. The van der Waals surface area contributed by atoms with Gasteiger partial charge in [-0.05, 0) is 64.3 Å². The molecular weight excluding hydrogens is 316 g/mol. The molecule has 0 bridgehead atoms. The van der Waals surface area contributed by atoms with Gasteiger partial charge >= 0.3 is 6.09 Å². The number of nitrogens with zero attached hydrogens (tertiary/aromatic N) is 3. The predicted molar refractivity (Wildman–Crippen MR) is 98.6 cm³/mol. The molecule has 6 heteroatoms. The second-order valence-corrected chi connectivity index (χ2v) is 7.44. The third-order valence-electron chi connectivity index (χ3n) is 4.23. The smallest absolute Gasteiger partial charge is 0.410 e. The lowest BCUT2D eigenvalue weighted by Crippen LogP contribution is -2.48. The van der Waals surface area contributed by atoms with Gasteiger partial charge in [-0.15, -0.1) is 0 Å². The van der Waals surface area contributed by atoms with Crippen molar-refractivity contribution in [3.63, 3.8) is 0 Å². The van der Waals surface area contributed by atoms with E-state index in [-0.39, 0.29) is 12.1 Å². The summed E-state index contributed by atoms with van der Waals surface area (Å²) in [6.45, 7) is 7.10. The topological polar surface area (TPSA) is 67.3 Å². The fourth-order valence-electron chi connectivity index (χ4n) is 3.05. The van der Waals surface area contributed by atoms with E-state index in [9.17, 15) is 4.79 Å². The zero-order valence-corrected chi connectivity index (χ0v) is 15.2. The van der Waals surface area contributed by atoms with Crippen molar-refractivity contribution < 1.29 is 9.53 Å². The van der Waals surface area contributed by atoms with Gasteiger partial charge in [-0.3, -0.25) is 4.98 Å². The van der Waals surface area contributed by atoms with E-state index in [1.165, 1.54) is 0 Å². The van der Waals surface area contributed by atoms with Crippen LogP contribution in [0.1, 0.15) is 40.0 Å². The van der Waals surface area contributed by atoms with E-state index in [0.717, 1.165) is 42.7 Å². The first kappa shape index (κ1) is 17.5. The highest BCUT2D eigenvalue weighted by molar-refractivity contribution is 5.75. The first-order valence-corrected chi connectivity index (χ1v) is 8.88. The van der Waals surface area contributed by atoms with Crippen LogP contribution in [-0.4, -0.2) is 45.7 Å². The van der Waals surface area contributed by atoms with Crippen LogP contribution in [0.3, 0.4) is 0 Å². The molecule has 0 spiro atoms. The van der Waals surface area contributed by atoms with E-state index in [1.54, 1.807) is 6.20 Å². The minimum atomic E-state index is -0.473. The van der Waals surface area contributed by atoms with Gasteiger partial charge in [-0.2, -0.15) is 0 Å². The average molecular weight is 342 g/mol. The van der Waals surface area contributed by atoms with Gasteiger partial charge < -0.3 is 15.0 Å². The van der Waals surface area contributed by atoms with Gasteiger partial charge in [0, 0.05) is 19.3 Å². The lowest BCUT2D eigenvalue weighted by atomic mass is 10.0. The first-order valence-electron chi connectivity index (χ1n) is 8.88. The number of amides is 1. The normalized spacial score (nSPS) is 18.2. The number of hydrogen-bond acceptors (Lipinski definition) is 5. The van der Waals surface area contributed by atoms with Crippen LogP contribution in [0, 0.1) is 0 Å².